The van der Waals surface area contributed by atoms with Crippen LogP contribution in [0.5, 0.6) is 0 Å². The minimum atomic E-state index is 0.386. The second-order valence-electron chi connectivity index (χ2n) is 5.20. The van der Waals surface area contributed by atoms with Crippen molar-refractivity contribution in [1.82, 2.24) is 0 Å². The summed E-state index contributed by atoms with van der Waals surface area (Å²) < 4.78 is 0. The Morgan fingerprint density at radius 3 is 2.75 bits per heavy atom. The number of unbranched alkanes of at least 4 members (excludes halogenated alkanes) is 2. The van der Waals surface area contributed by atoms with Crippen molar-refractivity contribution in [3.05, 3.63) is 0 Å². The van der Waals surface area contributed by atoms with Gasteiger partial charge in [-0.1, -0.05) is 32.6 Å². The lowest BCUT2D eigenvalue weighted by atomic mass is 9.77. The molecule has 0 heterocycles. The second kappa shape index (κ2) is 7.83. The van der Waals surface area contributed by atoms with E-state index in [1.807, 2.05) is 0 Å². The Morgan fingerprint density at radius 2 is 2.06 bits per heavy atom. The van der Waals surface area contributed by atoms with Gasteiger partial charge in [0.15, 0.2) is 0 Å². The van der Waals surface area contributed by atoms with Crippen LogP contribution in [0.2, 0.25) is 0 Å². The Balaban J connectivity index is 2.19. The Hall–Kier alpha value is -0.370. The van der Waals surface area contributed by atoms with Crippen molar-refractivity contribution in [1.29, 1.82) is 0 Å². The molecule has 0 aromatic rings. The number of nitrogens with two attached hydrogens (primary N) is 1. The standard InChI is InChI=1S/C14H27NO/c1-2-12-7-6-8-13(11-12)14(16)9-4-3-5-10-15/h12-13H,2-11,15H2,1H3. The van der Waals surface area contributed by atoms with E-state index in [0.29, 0.717) is 11.7 Å². The molecule has 2 atom stereocenters. The first-order valence-corrected chi connectivity index (χ1v) is 7.00. The summed E-state index contributed by atoms with van der Waals surface area (Å²) >= 11 is 0. The lowest BCUT2D eigenvalue weighted by molar-refractivity contribution is -0.124. The first-order valence-electron chi connectivity index (χ1n) is 7.00. The monoisotopic (exact) mass is 225 g/mol. The van der Waals surface area contributed by atoms with Gasteiger partial charge >= 0.3 is 0 Å². The van der Waals surface area contributed by atoms with E-state index >= 15 is 0 Å². The highest BCUT2D eigenvalue weighted by Crippen LogP contribution is 2.32. The average molecular weight is 225 g/mol. The Morgan fingerprint density at radius 1 is 1.25 bits per heavy atom. The predicted octanol–water partition coefficient (Wildman–Crippen LogP) is 3.29. The van der Waals surface area contributed by atoms with E-state index in [0.717, 1.165) is 51.0 Å². The van der Waals surface area contributed by atoms with E-state index in [1.165, 1.54) is 19.3 Å². The summed E-state index contributed by atoms with van der Waals surface area (Å²) in [6, 6.07) is 0. The lowest BCUT2D eigenvalue weighted by Gasteiger charge is -2.27. The molecule has 2 N–H and O–H groups in total. The topological polar surface area (TPSA) is 43.1 Å². The summed E-state index contributed by atoms with van der Waals surface area (Å²) in [5.74, 6) is 1.72. The van der Waals surface area contributed by atoms with Gasteiger partial charge in [-0.15, -0.1) is 0 Å². The molecule has 1 fully saturated rings. The van der Waals surface area contributed by atoms with Crippen LogP contribution >= 0.6 is 0 Å². The van der Waals surface area contributed by atoms with E-state index in [9.17, 15) is 4.79 Å². The van der Waals surface area contributed by atoms with Crippen molar-refractivity contribution in [2.45, 2.75) is 64.7 Å². The van der Waals surface area contributed by atoms with E-state index < -0.39 is 0 Å². The van der Waals surface area contributed by atoms with E-state index in [4.69, 9.17) is 5.73 Å². The minimum absolute atomic E-state index is 0.386. The largest absolute Gasteiger partial charge is 0.330 e. The molecule has 0 aromatic carbocycles. The normalized spacial score (nSPS) is 25.6. The highest BCUT2D eigenvalue weighted by molar-refractivity contribution is 5.81. The van der Waals surface area contributed by atoms with Crippen molar-refractivity contribution in [3.8, 4) is 0 Å². The molecule has 16 heavy (non-hydrogen) atoms. The van der Waals surface area contributed by atoms with Gasteiger partial charge < -0.3 is 5.73 Å². The van der Waals surface area contributed by atoms with Crippen molar-refractivity contribution < 1.29 is 4.79 Å². The fraction of sp³-hybridized carbons (Fsp3) is 0.929. The van der Waals surface area contributed by atoms with Gasteiger partial charge in [-0.05, 0) is 38.1 Å². The van der Waals surface area contributed by atoms with Gasteiger partial charge in [-0.25, -0.2) is 0 Å². The maximum atomic E-state index is 12.0. The van der Waals surface area contributed by atoms with Crippen molar-refractivity contribution >= 4 is 5.78 Å². The van der Waals surface area contributed by atoms with E-state index in [1.54, 1.807) is 0 Å². The van der Waals surface area contributed by atoms with Gasteiger partial charge in [0, 0.05) is 12.3 Å². The third-order valence-corrected chi connectivity index (χ3v) is 3.94. The zero-order valence-electron chi connectivity index (χ0n) is 10.7. The molecular formula is C14H27NO. The van der Waals surface area contributed by atoms with E-state index in [2.05, 4.69) is 6.92 Å². The molecular weight excluding hydrogens is 198 g/mol. The zero-order chi connectivity index (χ0) is 11.8. The van der Waals surface area contributed by atoms with Gasteiger partial charge in [0.1, 0.15) is 5.78 Å². The summed E-state index contributed by atoms with van der Waals surface area (Å²) in [6.45, 7) is 3.01. The van der Waals surface area contributed by atoms with Crippen LogP contribution in [0.1, 0.15) is 64.7 Å². The van der Waals surface area contributed by atoms with Crippen LogP contribution in [0.25, 0.3) is 0 Å². The number of rotatable bonds is 7. The van der Waals surface area contributed by atoms with Crippen LogP contribution in [-0.2, 0) is 4.79 Å². The molecule has 1 aliphatic rings. The number of carbonyl (C=O) groups is 1. The molecule has 1 rings (SSSR count). The van der Waals surface area contributed by atoms with Gasteiger partial charge in [0.05, 0.1) is 0 Å². The molecule has 0 aromatic heterocycles. The van der Waals surface area contributed by atoms with Crippen LogP contribution in [0, 0.1) is 11.8 Å². The van der Waals surface area contributed by atoms with E-state index in [-0.39, 0.29) is 0 Å². The maximum absolute atomic E-state index is 12.0. The highest BCUT2D eigenvalue weighted by atomic mass is 16.1. The van der Waals surface area contributed by atoms with Crippen LogP contribution < -0.4 is 5.73 Å². The van der Waals surface area contributed by atoms with Crippen LogP contribution in [0.15, 0.2) is 0 Å². The fourth-order valence-electron chi connectivity index (χ4n) is 2.78. The number of carbonyl (C=O) groups excluding carboxylic acids is 1. The van der Waals surface area contributed by atoms with Crippen molar-refractivity contribution in [3.63, 3.8) is 0 Å². The van der Waals surface area contributed by atoms with Gasteiger partial charge in [0.25, 0.3) is 0 Å². The zero-order valence-corrected chi connectivity index (χ0v) is 10.7. The summed E-state index contributed by atoms with van der Waals surface area (Å²) in [5, 5.41) is 0. The second-order valence-corrected chi connectivity index (χ2v) is 5.20. The SMILES string of the molecule is CCC1CCCC(C(=O)CCCCCN)C1. The molecule has 0 saturated heterocycles. The van der Waals surface area contributed by atoms with Crippen LogP contribution in [-0.4, -0.2) is 12.3 Å². The van der Waals surface area contributed by atoms with Gasteiger partial charge in [0.2, 0.25) is 0 Å². The number of Topliss-reactive ketones (excluding diaryl/α,β-unsaturated/α-hetero) is 1. The molecule has 0 spiro atoms. The van der Waals surface area contributed by atoms with Crippen molar-refractivity contribution in [2.24, 2.45) is 17.6 Å². The minimum Gasteiger partial charge on any atom is -0.330 e. The lowest BCUT2D eigenvalue weighted by Crippen LogP contribution is -2.22. The Kier molecular flexibility index (Phi) is 6.70. The summed E-state index contributed by atoms with van der Waals surface area (Å²) in [4.78, 5) is 12.0. The molecule has 1 saturated carbocycles. The number of hydrogen-bond acceptors (Lipinski definition) is 2. The highest BCUT2D eigenvalue weighted by Gasteiger charge is 2.25. The number of hydrogen-bond donors (Lipinski definition) is 1. The van der Waals surface area contributed by atoms with Gasteiger partial charge in [-0.3, -0.25) is 4.79 Å². The first kappa shape index (κ1) is 13.7. The molecule has 2 nitrogen and oxygen atoms in total. The summed E-state index contributed by atoms with van der Waals surface area (Å²) in [7, 11) is 0. The molecule has 1 aliphatic carbocycles. The van der Waals surface area contributed by atoms with Crippen LogP contribution in [0.3, 0.4) is 0 Å². The molecule has 2 unspecified atom stereocenters. The molecule has 94 valence electrons. The summed E-state index contributed by atoms with van der Waals surface area (Å²) in [6.07, 6.45) is 10.2. The third kappa shape index (κ3) is 4.65. The van der Waals surface area contributed by atoms with Crippen LogP contribution in [0.4, 0.5) is 0 Å². The molecule has 0 radical (unpaired) electrons. The predicted molar refractivity (Wildman–Crippen MR) is 68.3 cm³/mol. The van der Waals surface area contributed by atoms with Crippen molar-refractivity contribution in [2.75, 3.05) is 6.54 Å². The average Bonchev–Trinajstić information content (AvgIpc) is 2.34. The molecule has 0 aliphatic heterocycles. The fourth-order valence-corrected chi connectivity index (χ4v) is 2.78. The summed E-state index contributed by atoms with van der Waals surface area (Å²) in [5.41, 5.74) is 5.44. The molecule has 2 heteroatoms. The first-order chi connectivity index (χ1) is 7.77. The smallest absolute Gasteiger partial charge is 0.135 e. The molecule has 0 amide bonds. The van der Waals surface area contributed by atoms with Gasteiger partial charge in [-0.2, -0.15) is 0 Å². The quantitative estimate of drug-likeness (QED) is 0.676. The molecule has 0 bridgehead atoms. The maximum Gasteiger partial charge on any atom is 0.135 e. The Labute approximate surface area is 100.0 Å². The third-order valence-electron chi connectivity index (χ3n) is 3.94. The Bertz CT molecular complexity index is 203. The number of ketones is 1.